The number of thiol groups is 1. The van der Waals surface area contributed by atoms with Crippen molar-refractivity contribution < 1.29 is 4.74 Å². The van der Waals surface area contributed by atoms with Gasteiger partial charge in [0.1, 0.15) is 5.76 Å². The van der Waals surface area contributed by atoms with Crippen molar-refractivity contribution in [3.8, 4) is 0 Å². The van der Waals surface area contributed by atoms with E-state index in [0.29, 0.717) is 0 Å². The molecule has 1 aliphatic rings. The van der Waals surface area contributed by atoms with Gasteiger partial charge in [-0.1, -0.05) is 6.92 Å². The Bertz CT molecular complexity index is 118. The van der Waals surface area contributed by atoms with Crippen molar-refractivity contribution in [2.45, 2.75) is 19.8 Å². The van der Waals surface area contributed by atoms with E-state index in [9.17, 15) is 0 Å². The second-order valence-electron chi connectivity index (χ2n) is 1.82. The van der Waals surface area contributed by atoms with Crippen LogP contribution in [0.4, 0.5) is 0 Å². The van der Waals surface area contributed by atoms with Crippen molar-refractivity contribution in [2.75, 3.05) is 6.61 Å². The fourth-order valence-corrected chi connectivity index (χ4v) is 1.11. The molecule has 0 unspecified atom stereocenters. The van der Waals surface area contributed by atoms with Gasteiger partial charge in [-0.05, 0) is 0 Å². The molecule has 0 bridgehead atoms. The molecule has 0 spiro atoms. The molecule has 1 nitrogen and oxygen atoms in total. The molecule has 1 aliphatic heterocycles. The Morgan fingerprint density at radius 3 is 2.75 bits per heavy atom. The van der Waals surface area contributed by atoms with Crippen molar-refractivity contribution >= 4 is 12.6 Å². The summed E-state index contributed by atoms with van der Waals surface area (Å²) in [5, 5.41) is 0. The molecule has 1 rings (SSSR count). The Morgan fingerprint density at radius 2 is 2.50 bits per heavy atom. The molecule has 0 fully saturated rings. The van der Waals surface area contributed by atoms with Gasteiger partial charge in [0.2, 0.25) is 0 Å². The van der Waals surface area contributed by atoms with Crippen LogP contribution < -0.4 is 0 Å². The maximum atomic E-state index is 5.22. The zero-order chi connectivity index (χ0) is 5.98. The normalized spacial score (nSPS) is 19.2. The van der Waals surface area contributed by atoms with Gasteiger partial charge < -0.3 is 4.74 Å². The van der Waals surface area contributed by atoms with Crippen LogP contribution in [0.2, 0.25) is 0 Å². The van der Waals surface area contributed by atoms with E-state index in [1.807, 2.05) is 0 Å². The number of hydrogen-bond donors (Lipinski definition) is 1. The molecule has 1 heterocycles. The van der Waals surface area contributed by atoms with E-state index in [0.717, 1.165) is 30.1 Å². The lowest BCUT2D eigenvalue weighted by Crippen LogP contribution is -1.80. The lowest BCUT2D eigenvalue weighted by molar-refractivity contribution is 0.237. The highest BCUT2D eigenvalue weighted by molar-refractivity contribution is 7.84. The SMILES string of the molecule is CCC1=C(S)CCO1. The van der Waals surface area contributed by atoms with E-state index < -0.39 is 0 Å². The van der Waals surface area contributed by atoms with Crippen LogP contribution in [0.1, 0.15) is 19.8 Å². The largest absolute Gasteiger partial charge is 0.497 e. The third kappa shape index (κ3) is 0.996. The van der Waals surface area contributed by atoms with Crippen LogP contribution in [-0.4, -0.2) is 6.61 Å². The molecule has 2 heteroatoms. The summed E-state index contributed by atoms with van der Waals surface area (Å²) in [4.78, 5) is 1.13. The maximum Gasteiger partial charge on any atom is 0.105 e. The van der Waals surface area contributed by atoms with Gasteiger partial charge in [0.25, 0.3) is 0 Å². The summed E-state index contributed by atoms with van der Waals surface area (Å²) in [6, 6.07) is 0. The quantitative estimate of drug-likeness (QED) is 0.534. The van der Waals surface area contributed by atoms with Crippen LogP contribution in [-0.2, 0) is 4.74 Å². The van der Waals surface area contributed by atoms with Crippen LogP contribution >= 0.6 is 12.6 Å². The summed E-state index contributed by atoms with van der Waals surface area (Å²) >= 11 is 4.22. The highest BCUT2D eigenvalue weighted by atomic mass is 32.1. The van der Waals surface area contributed by atoms with E-state index in [-0.39, 0.29) is 0 Å². The minimum atomic E-state index is 0.835. The van der Waals surface area contributed by atoms with Crippen LogP contribution in [0.5, 0.6) is 0 Å². The Labute approximate surface area is 55.1 Å². The fraction of sp³-hybridized carbons (Fsp3) is 0.667. The van der Waals surface area contributed by atoms with E-state index in [1.165, 1.54) is 0 Å². The molecule has 0 aliphatic carbocycles. The number of rotatable bonds is 1. The van der Waals surface area contributed by atoms with Gasteiger partial charge in [0, 0.05) is 17.7 Å². The van der Waals surface area contributed by atoms with Crippen molar-refractivity contribution in [2.24, 2.45) is 0 Å². The van der Waals surface area contributed by atoms with Crippen LogP contribution in [0.3, 0.4) is 0 Å². The van der Waals surface area contributed by atoms with E-state index >= 15 is 0 Å². The van der Waals surface area contributed by atoms with E-state index in [4.69, 9.17) is 4.74 Å². The summed E-state index contributed by atoms with van der Waals surface area (Å²) in [7, 11) is 0. The maximum absolute atomic E-state index is 5.22. The highest BCUT2D eigenvalue weighted by Gasteiger charge is 2.09. The summed E-state index contributed by atoms with van der Waals surface area (Å²) in [6.07, 6.45) is 1.99. The van der Waals surface area contributed by atoms with E-state index in [1.54, 1.807) is 0 Å². The summed E-state index contributed by atoms with van der Waals surface area (Å²) in [5.41, 5.74) is 0. The van der Waals surface area contributed by atoms with Gasteiger partial charge in [-0.2, -0.15) is 0 Å². The predicted molar refractivity (Wildman–Crippen MR) is 36.9 cm³/mol. The molecule has 0 saturated carbocycles. The van der Waals surface area contributed by atoms with Gasteiger partial charge >= 0.3 is 0 Å². The van der Waals surface area contributed by atoms with Gasteiger partial charge in [-0.3, -0.25) is 0 Å². The van der Waals surface area contributed by atoms with E-state index in [2.05, 4.69) is 19.6 Å². The summed E-state index contributed by atoms with van der Waals surface area (Å²) < 4.78 is 5.22. The molecule has 0 aromatic carbocycles. The first-order valence-corrected chi connectivity index (χ1v) is 3.33. The Morgan fingerprint density at radius 1 is 1.75 bits per heavy atom. The van der Waals surface area contributed by atoms with Crippen LogP contribution in [0.25, 0.3) is 0 Å². The van der Waals surface area contributed by atoms with Gasteiger partial charge in [-0.25, -0.2) is 0 Å². The second-order valence-corrected chi connectivity index (χ2v) is 2.36. The van der Waals surface area contributed by atoms with Gasteiger partial charge in [0.15, 0.2) is 0 Å². The number of allylic oxidation sites excluding steroid dienone is 1. The average molecular weight is 130 g/mol. The molecule has 46 valence electrons. The fourth-order valence-electron chi connectivity index (χ4n) is 0.800. The summed E-state index contributed by atoms with van der Waals surface area (Å²) in [6.45, 7) is 2.92. The number of ether oxygens (including phenoxy) is 1. The lowest BCUT2D eigenvalue weighted by atomic mass is 10.3. The molecular weight excluding hydrogens is 120 g/mol. The summed E-state index contributed by atoms with van der Waals surface area (Å²) in [5.74, 6) is 1.08. The van der Waals surface area contributed by atoms with Crippen molar-refractivity contribution in [3.63, 3.8) is 0 Å². The molecule has 0 aromatic heterocycles. The predicted octanol–water partition coefficient (Wildman–Crippen LogP) is 1.96. The molecule has 0 N–H and O–H groups in total. The van der Waals surface area contributed by atoms with Crippen molar-refractivity contribution in [1.82, 2.24) is 0 Å². The molecule has 0 atom stereocenters. The average Bonchev–Trinajstić information content (AvgIpc) is 2.14. The Balaban J connectivity index is 2.58. The molecule has 0 saturated heterocycles. The second kappa shape index (κ2) is 2.44. The topological polar surface area (TPSA) is 9.23 Å². The smallest absolute Gasteiger partial charge is 0.105 e. The number of hydrogen-bond acceptors (Lipinski definition) is 2. The Hall–Kier alpha value is -0.110. The zero-order valence-corrected chi connectivity index (χ0v) is 5.87. The third-order valence-corrected chi connectivity index (χ3v) is 1.73. The van der Waals surface area contributed by atoms with Crippen LogP contribution in [0, 0.1) is 0 Å². The molecule has 8 heavy (non-hydrogen) atoms. The monoisotopic (exact) mass is 130 g/mol. The molecular formula is C6H10OS. The Kier molecular flexibility index (Phi) is 1.84. The molecule has 0 amide bonds. The van der Waals surface area contributed by atoms with Gasteiger partial charge in [-0.15, -0.1) is 12.6 Å². The standard InChI is InChI=1S/C6H10OS/c1-2-5-6(8)3-4-7-5/h8H,2-4H2,1H3. The van der Waals surface area contributed by atoms with Crippen molar-refractivity contribution in [1.29, 1.82) is 0 Å². The van der Waals surface area contributed by atoms with Gasteiger partial charge in [0.05, 0.1) is 6.61 Å². The minimum absolute atomic E-state index is 0.835. The zero-order valence-electron chi connectivity index (χ0n) is 4.98. The highest BCUT2D eigenvalue weighted by Crippen LogP contribution is 2.23. The minimum Gasteiger partial charge on any atom is -0.497 e. The van der Waals surface area contributed by atoms with Crippen LogP contribution in [0.15, 0.2) is 10.7 Å². The third-order valence-electron chi connectivity index (χ3n) is 1.26. The first-order valence-electron chi connectivity index (χ1n) is 2.88. The molecule has 0 radical (unpaired) electrons. The first-order chi connectivity index (χ1) is 3.84. The first kappa shape index (κ1) is 6.02. The van der Waals surface area contributed by atoms with Crippen molar-refractivity contribution in [3.05, 3.63) is 10.7 Å². The lowest BCUT2D eigenvalue weighted by Gasteiger charge is -1.96. The molecule has 0 aromatic rings.